The van der Waals surface area contributed by atoms with Crippen molar-refractivity contribution in [2.24, 2.45) is 0 Å². The molecule has 0 aliphatic carbocycles. The summed E-state index contributed by atoms with van der Waals surface area (Å²) >= 11 is 3.40. The van der Waals surface area contributed by atoms with Gasteiger partial charge < -0.3 is 9.88 Å². The first-order valence-corrected chi connectivity index (χ1v) is 7.01. The van der Waals surface area contributed by atoms with Crippen molar-refractivity contribution in [2.75, 3.05) is 0 Å². The molecular weight excluding hydrogens is 292 g/mol. The van der Waals surface area contributed by atoms with Gasteiger partial charge in [0.15, 0.2) is 0 Å². The third-order valence-electron chi connectivity index (χ3n) is 2.75. The van der Waals surface area contributed by atoms with Crippen molar-refractivity contribution in [1.82, 2.24) is 9.88 Å². The standard InChI is InChI=1S/C14H19BrN2O/c1-4-7-12(6-3)16-14(18)13-9-11(15)10-17(13)8-5-2/h1,9-10,12H,5-8H2,2-3H3,(H,16,18). The molecule has 18 heavy (non-hydrogen) atoms. The monoisotopic (exact) mass is 310 g/mol. The maximum Gasteiger partial charge on any atom is 0.268 e. The van der Waals surface area contributed by atoms with Crippen LogP contribution in [0.15, 0.2) is 16.7 Å². The number of halogens is 1. The average Bonchev–Trinajstić information content (AvgIpc) is 2.70. The van der Waals surface area contributed by atoms with E-state index in [4.69, 9.17) is 6.42 Å². The first-order chi connectivity index (χ1) is 8.62. The van der Waals surface area contributed by atoms with Gasteiger partial charge in [-0.05, 0) is 34.8 Å². The molecule has 0 fully saturated rings. The summed E-state index contributed by atoms with van der Waals surface area (Å²) in [6.07, 6.45) is 9.61. The second kappa shape index (κ2) is 7.27. The number of terminal acetylenes is 1. The summed E-state index contributed by atoms with van der Waals surface area (Å²) in [5.41, 5.74) is 0.680. The Hall–Kier alpha value is -1.21. The fourth-order valence-electron chi connectivity index (χ4n) is 1.79. The molecule has 0 aliphatic heterocycles. The van der Waals surface area contributed by atoms with Gasteiger partial charge in [-0.15, -0.1) is 12.3 Å². The van der Waals surface area contributed by atoms with E-state index in [0.29, 0.717) is 12.1 Å². The molecule has 4 heteroatoms. The maximum atomic E-state index is 12.2. The number of rotatable bonds is 6. The van der Waals surface area contributed by atoms with Crippen molar-refractivity contribution >= 4 is 21.8 Å². The molecule has 3 nitrogen and oxygen atoms in total. The van der Waals surface area contributed by atoms with Crippen molar-refractivity contribution in [2.45, 2.75) is 45.7 Å². The third kappa shape index (κ3) is 3.92. The highest BCUT2D eigenvalue weighted by atomic mass is 79.9. The number of hydrogen-bond donors (Lipinski definition) is 1. The van der Waals surface area contributed by atoms with E-state index < -0.39 is 0 Å². The van der Waals surface area contributed by atoms with E-state index in [1.165, 1.54) is 0 Å². The van der Waals surface area contributed by atoms with Crippen LogP contribution in [0.1, 0.15) is 43.6 Å². The number of aryl methyl sites for hydroxylation is 1. The van der Waals surface area contributed by atoms with Gasteiger partial charge in [0.1, 0.15) is 5.69 Å². The van der Waals surface area contributed by atoms with Gasteiger partial charge in [-0.1, -0.05) is 13.8 Å². The highest BCUT2D eigenvalue weighted by Crippen LogP contribution is 2.16. The van der Waals surface area contributed by atoms with Crippen molar-refractivity contribution in [3.8, 4) is 12.3 Å². The van der Waals surface area contributed by atoms with Gasteiger partial charge in [0.2, 0.25) is 0 Å². The number of nitrogens with zero attached hydrogens (tertiary/aromatic N) is 1. The van der Waals surface area contributed by atoms with Crippen LogP contribution in [0.3, 0.4) is 0 Å². The second-order valence-corrected chi connectivity index (χ2v) is 5.14. The Labute approximate surface area is 117 Å². The van der Waals surface area contributed by atoms with Crippen molar-refractivity contribution in [1.29, 1.82) is 0 Å². The second-order valence-electron chi connectivity index (χ2n) is 4.22. The predicted molar refractivity (Wildman–Crippen MR) is 77.4 cm³/mol. The number of aromatic nitrogens is 1. The number of nitrogens with one attached hydrogen (secondary N) is 1. The summed E-state index contributed by atoms with van der Waals surface area (Å²) in [6, 6.07) is 1.89. The van der Waals surface area contributed by atoms with E-state index in [9.17, 15) is 4.79 Å². The molecule has 1 aromatic heterocycles. The van der Waals surface area contributed by atoms with Crippen LogP contribution in [-0.2, 0) is 6.54 Å². The van der Waals surface area contributed by atoms with Crippen molar-refractivity contribution in [3.63, 3.8) is 0 Å². The Balaban J connectivity index is 2.80. The quantitative estimate of drug-likeness (QED) is 0.804. The molecule has 1 heterocycles. The van der Waals surface area contributed by atoms with Gasteiger partial charge in [-0.3, -0.25) is 4.79 Å². The normalized spacial score (nSPS) is 11.9. The zero-order valence-corrected chi connectivity index (χ0v) is 12.5. The third-order valence-corrected chi connectivity index (χ3v) is 3.19. The molecular formula is C14H19BrN2O. The fraction of sp³-hybridized carbons (Fsp3) is 0.500. The molecule has 0 aliphatic rings. The summed E-state index contributed by atoms with van der Waals surface area (Å²) < 4.78 is 2.88. The summed E-state index contributed by atoms with van der Waals surface area (Å²) in [7, 11) is 0. The average molecular weight is 311 g/mol. The van der Waals surface area contributed by atoms with E-state index in [0.717, 1.165) is 23.9 Å². The van der Waals surface area contributed by atoms with Crippen LogP contribution in [-0.4, -0.2) is 16.5 Å². The van der Waals surface area contributed by atoms with Crippen LogP contribution in [0.25, 0.3) is 0 Å². The highest BCUT2D eigenvalue weighted by molar-refractivity contribution is 9.10. The summed E-state index contributed by atoms with van der Waals surface area (Å²) in [6.45, 7) is 4.94. The minimum absolute atomic E-state index is 0.0475. The summed E-state index contributed by atoms with van der Waals surface area (Å²) in [4.78, 5) is 12.2. The molecule has 0 saturated heterocycles. The van der Waals surface area contributed by atoms with Gasteiger partial charge in [-0.25, -0.2) is 0 Å². The molecule has 1 N–H and O–H groups in total. The zero-order valence-electron chi connectivity index (χ0n) is 10.9. The highest BCUT2D eigenvalue weighted by Gasteiger charge is 2.15. The van der Waals surface area contributed by atoms with Crippen molar-refractivity contribution in [3.05, 3.63) is 22.4 Å². The molecule has 1 atom stereocenters. The Kier molecular flexibility index (Phi) is 6.00. The lowest BCUT2D eigenvalue weighted by molar-refractivity contribution is 0.0927. The van der Waals surface area contributed by atoms with Crippen LogP contribution >= 0.6 is 15.9 Å². The molecule has 1 unspecified atom stereocenters. The Bertz CT molecular complexity index is 445. The number of carbonyl (C=O) groups excluding carboxylic acids is 1. The Morgan fingerprint density at radius 1 is 1.61 bits per heavy atom. The molecule has 0 saturated carbocycles. The lowest BCUT2D eigenvalue weighted by Gasteiger charge is -2.15. The van der Waals surface area contributed by atoms with Gasteiger partial charge in [0.05, 0.1) is 0 Å². The predicted octanol–water partition coefficient (Wildman–Crippen LogP) is 3.19. The largest absolute Gasteiger partial charge is 0.347 e. The van der Waals surface area contributed by atoms with E-state index in [1.807, 2.05) is 23.8 Å². The molecule has 1 amide bonds. The van der Waals surface area contributed by atoms with E-state index in [-0.39, 0.29) is 11.9 Å². The Morgan fingerprint density at radius 2 is 2.33 bits per heavy atom. The molecule has 98 valence electrons. The first-order valence-electron chi connectivity index (χ1n) is 6.22. The molecule has 1 aromatic rings. The molecule has 0 radical (unpaired) electrons. The fourth-order valence-corrected chi connectivity index (χ4v) is 2.25. The first kappa shape index (κ1) is 14.8. The molecule has 1 rings (SSSR count). The van der Waals surface area contributed by atoms with Gasteiger partial charge >= 0.3 is 0 Å². The lowest BCUT2D eigenvalue weighted by atomic mass is 10.1. The van der Waals surface area contributed by atoms with Crippen LogP contribution in [0.5, 0.6) is 0 Å². The van der Waals surface area contributed by atoms with Crippen LogP contribution in [0, 0.1) is 12.3 Å². The number of carbonyl (C=O) groups is 1. The van der Waals surface area contributed by atoms with Crippen LogP contribution in [0.4, 0.5) is 0 Å². The van der Waals surface area contributed by atoms with Crippen LogP contribution < -0.4 is 5.32 Å². The van der Waals surface area contributed by atoms with E-state index in [2.05, 4.69) is 34.1 Å². The minimum atomic E-state index is -0.0590. The lowest BCUT2D eigenvalue weighted by Crippen LogP contribution is -2.35. The van der Waals surface area contributed by atoms with Crippen molar-refractivity contribution < 1.29 is 4.79 Å². The molecule has 0 spiro atoms. The number of hydrogen-bond acceptors (Lipinski definition) is 1. The Morgan fingerprint density at radius 3 is 2.89 bits per heavy atom. The smallest absolute Gasteiger partial charge is 0.268 e. The van der Waals surface area contributed by atoms with E-state index in [1.54, 1.807) is 0 Å². The molecule has 0 bridgehead atoms. The summed E-state index contributed by atoms with van der Waals surface area (Å²) in [5.74, 6) is 2.53. The van der Waals surface area contributed by atoms with Crippen LogP contribution in [0.2, 0.25) is 0 Å². The zero-order chi connectivity index (χ0) is 13.5. The SMILES string of the molecule is C#CCC(CC)NC(=O)c1cc(Br)cn1CCC. The van der Waals surface area contributed by atoms with E-state index >= 15 is 0 Å². The topological polar surface area (TPSA) is 34.0 Å². The van der Waals surface area contributed by atoms with Gasteiger partial charge in [0, 0.05) is 29.7 Å². The summed E-state index contributed by atoms with van der Waals surface area (Å²) in [5, 5.41) is 2.97. The van der Waals surface area contributed by atoms with Gasteiger partial charge in [0.25, 0.3) is 5.91 Å². The number of amides is 1. The molecule has 0 aromatic carbocycles. The minimum Gasteiger partial charge on any atom is -0.347 e. The maximum absolute atomic E-state index is 12.2. The van der Waals surface area contributed by atoms with Gasteiger partial charge in [-0.2, -0.15) is 0 Å².